The number of fused-ring (bicyclic) bond motifs is 1. The van der Waals surface area contributed by atoms with E-state index in [0.717, 1.165) is 16.8 Å². The quantitative estimate of drug-likeness (QED) is 0.641. The van der Waals surface area contributed by atoms with Crippen molar-refractivity contribution >= 4 is 15.7 Å². The molecule has 2 atom stereocenters. The van der Waals surface area contributed by atoms with Crippen LogP contribution in [0.4, 0.5) is 5.69 Å². The van der Waals surface area contributed by atoms with Crippen LogP contribution < -0.4 is 4.90 Å². The molecule has 162 valence electrons. The predicted octanol–water partition coefficient (Wildman–Crippen LogP) is 3.64. The maximum Gasteiger partial charge on any atom is 0.243 e. The zero-order valence-corrected chi connectivity index (χ0v) is 18.7. The standard InChI is InChI=1S/C25H28N2O3S/c1-26(2)21-14-12-20(13-15-21)18-23-25(28)22-10-6-7-11-24(22)31(29,30)27(23)17-16-19-8-4-3-5-9-19/h3-15,23,25,28H,16-18H2,1-2H3/t23-,25+/m0/s1. The minimum absolute atomic E-state index is 0.203. The number of aliphatic hydroxyl groups is 1. The van der Waals surface area contributed by atoms with Gasteiger partial charge in [0.25, 0.3) is 0 Å². The van der Waals surface area contributed by atoms with Crippen molar-refractivity contribution in [3.8, 4) is 0 Å². The third kappa shape index (κ3) is 4.37. The van der Waals surface area contributed by atoms with Gasteiger partial charge in [-0.05, 0) is 42.2 Å². The first-order valence-electron chi connectivity index (χ1n) is 10.5. The molecule has 0 saturated heterocycles. The molecule has 3 aromatic rings. The van der Waals surface area contributed by atoms with E-state index >= 15 is 0 Å². The van der Waals surface area contributed by atoms with Gasteiger partial charge in [-0.3, -0.25) is 0 Å². The summed E-state index contributed by atoms with van der Waals surface area (Å²) in [6, 6.07) is 24.1. The number of benzene rings is 3. The molecular weight excluding hydrogens is 408 g/mol. The maximum absolute atomic E-state index is 13.5. The number of anilines is 1. The molecule has 0 unspecified atom stereocenters. The van der Waals surface area contributed by atoms with Gasteiger partial charge in [0.05, 0.1) is 17.0 Å². The van der Waals surface area contributed by atoms with Crippen LogP contribution in [0.3, 0.4) is 0 Å². The fourth-order valence-corrected chi connectivity index (χ4v) is 6.05. The molecule has 5 nitrogen and oxygen atoms in total. The zero-order chi connectivity index (χ0) is 22.0. The second kappa shape index (κ2) is 8.83. The molecule has 1 N–H and O–H groups in total. The molecule has 6 heteroatoms. The van der Waals surface area contributed by atoms with Crippen LogP contribution in [0.25, 0.3) is 0 Å². The van der Waals surface area contributed by atoms with E-state index in [2.05, 4.69) is 0 Å². The number of aliphatic hydroxyl groups excluding tert-OH is 1. The van der Waals surface area contributed by atoms with E-state index in [1.807, 2.05) is 73.6 Å². The van der Waals surface area contributed by atoms with Gasteiger partial charge in [-0.25, -0.2) is 8.42 Å². The SMILES string of the molecule is CN(C)c1ccc(C[C@H]2[C@H](O)c3ccccc3S(=O)(=O)N2CCc2ccccc2)cc1. The highest BCUT2D eigenvalue weighted by Crippen LogP contribution is 2.38. The number of rotatable bonds is 6. The second-order valence-corrected chi connectivity index (χ2v) is 10.0. The van der Waals surface area contributed by atoms with Crippen LogP contribution in [0.15, 0.2) is 83.8 Å². The van der Waals surface area contributed by atoms with Crippen LogP contribution in [-0.4, -0.2) is 44.5 Å². The highest BCUT2D eigenvalue weighted by molar-refractivity contribution is 7.89. The molecule has 0 radical (unpaired) electrons. The molecule has 4 rings (SSSR count). The summed E-state index contributed by atoms with van der Waals surface area (Å²) < 4.78 is 28.5. The van der Waals surface area contributed by atoms with Gasteiger partial charge in [0.15, 0.2) is 0 Å². The van der Waals surface area contributed by atoms with Gasteiger partial charge in [-0.1, -0.05) is 60.7 Å². The molecule has 0 fully saturated rings. The molecule has 1 aliphatic rings. The van der Waals surface area contributed by atoms with Crippen molar-refractivity contribution in [1.82, 2.24) is 4.31 Å². The lowest BCUT2D eigenvalue weighted by molar-refractivity contribution is 0.0801. The average molecular weight is 437 g/mol. The van der Waals surface area contributed by atoms with Gasteiger partial charge in [0.2, 0.25) is 10.0 Å². The van der Waals surface area contributed by atoms with E-state index in [0.29, 0.717) is 24.9 Å². The van der Waals surface area contributed by atoms with E-state index < -0.39 is 22.2 Å². The van der Waals surface area contributed by atoms with E-state index in [-0.39, 0.29) is 4.90 Å². The Morgan fingerprint density at radius 3 is 2.19 bits per heavy atom. The number of hydrogen-bond acceptors (Lipinski definition) is 4. The molecule has 31 heavy (non-hydrogen) atoms. The summed E-state index contributed by atoms with van der Waals surface area (Å²) in [7, 11) is 0.250. The lowest BCUT2D eigenvalue weighted by Crippen LogP contribution is -2.49. The smallest absolute Gasteiger partial charge is 0.243 e. The van der Waals surface area contributed by atoms with Crippen LogP contribution in [-0.2, 0) is 22.9 Å². The summed E-state index contributed by atoms with van der Waals surface area (Å²) in [6.07, 6.45) is 0.145. The second-order valence-electron chi connectivity index (χ2n) is 8.17. The van der Waals surface area contributed by atoms with E-state index in [9.17, 15) is 13.5 Å². The van der Waals surface area contributed by atoms with Gasteiger partial charge in [-0.2, -0.15) is 4.31 Å². The summed E-state index contributed by atoms with van der Waals surface area (Å²) >= 11 is 0. The van der Waals surface area contributed by atoms with Gasteiger partial charge in [0, 0.05) is 31.9 Å². The molecule has 0 amide bonds. The van der Waals surface area contributed by atoms with Gasteiger partial charge >= 0.3 is 0 Å². The normalized spacial score (nSPS) is 20.2. The van der Waals surface area contributed by atoms with Crippen molar-refractivity contribution in [2.45, 2.75) is 29.9 Å². The molecule has 0 spiro atoms. The first kappa shape index (κ1) is 21.6. The largest absolute Gasteiger partial charge is 0.387 e. The highest BCUT2D eigenvalue weighted by Gasteiger charge is 2.43. The fraction of sp³-hybridized carbons (Fsp3) is 0.280. The van der Waals surface area contributed by atoms with Crippen LogP contribution in [0.2, 0.25) is 0 Å². The Labute approximate surface area is 184 Å². The highest BCUT2D eigenvalue weighted by atomic mass is 32.2. The molecule has 0 saturated carbocycles. The third-order valence-corrected chi connectivity index (χ3v) is 7.92. The molecule has 1 heterocycles. The van der Waals surface area contributed by atoms with Gasteiger partial charge < -0.3 is 10.0 Å². The van der Waals surface area contributed by atoms with Crippen LogP contribution in [0, 0.1) is 0 Å². The molecular formula is C25H28N2O3S. The van der Waals surface area contributed by atoms with Crippen LogP contribution in [0.5, 0.6) is 0 Å². The van der Waals surface area contributed by atoms with Gasteiger partial charge in [-0.15, -0.1) is 0 Å². The Kier molecular flexibility index (Phi) is 6.14. The van der Waals surface area contributed by atoms with E-state index in [4.69, 9.17) is 0 Å². The summed E-state index contributed by atoms with van der Waals surface area (Å²) in [5.74, 6) is 0. The molecule has 0 bridgehead atoms. The van der Waals surface area contributed by atoms with Crippen LogP contribution in [0.1, 0.15) is 22.8 Å². The summed E-state index contributed by atoms with van der Waals surface area (Å²) in [4.78, 5) is 2.22. The first-order chi connectivity index (χ1) is 14.9. The Morgan fingerprint density at radius 2 is 1.52 bits per heavy atom. The molecule has 0 aromatic heterocycles. The molecule has 1 aliphatic heterocycles. The number of nitrogens with zero attached hydrogens (tertiary/aromatic N) is 2. The molecule has 0 aliphatic carbocycles. The topological polar surface area (TPSA) is 60.9 Å². The number of sulfonamides is 1. The summed E-state index contributed by atoms with van der Waals surface area (Å²) in [6.45, 7) is 0.318. The zero-order valence-electron chi connectivity index (χ0n) is 17.8. The monoisotopic (exact) mass is 436 g/mol. The van der Waals surface area contributed by atoms with E-state index in [1.165, 1.54) is 4.31 Å². The fourth-order valence-electron chi connectivity index (χ4n) is 4.18. The lowest BCUT2D eigenvalue weighted by Gasteiger charge is -2.39. The first-order valence-corrected chi connectivity index (χ1v) is 11.9. The van der Waals surface area contributed by atoms with Crippen LogP contribution >= 0.6 is 0 Å². The van der Waals surface area contributed by atoms with Crippen molar-refractivity contribution in [2.75, 3.05) is 25.5 Å². The van der Waals surface area contributed by atoms with Crippen molar-refractivity contribution in [2.24, 2.45) is 0 Å². The Bertz CT molecular complexity index is 1130. The Morgan fingerprint density at radius 1 is 0.871 bits per heavy atom. The molecule has 3 aromatic carbocycles. The van der Waals surface area contributed by atoms with Crippen molar-refractivity contribution in [3.63, 3.8) is 0 Å². The minimum atomic E-state index is -3.71. The third-order valence-electron chi connectivity index (χ3n) is 5.92. The summed E-state index contributed by atoms with van der Waals surface area (Å²) in [5.41, 5.74) is 3.62. The summed E-state index contributed by atoms with van der Waals surface area (Å²) in [5, 5.41) is 11.2. The van der Waals surface area contributed by atoms with Crippen molar-refractivity contribution < 1.29 is 13.5 Å². The minimum Gasteiger partial charge on any atom is -0.387 e. The Balaban J connectivity index is 1.68. The lowest BCUT2D eigenvalue weighted by atomic mass is 9.95. The van der Waals surface area contributed by atoms with Crippen molar-refractivity contribution in [3.05, 3.63) is 95.6 Å². The van der Waals surface area contributed by atoms with Gasteiger partial charge in [0.1, 0.15) is 0 Å². The van der Waals surface area contributed by atoms with E-state index in [1.54, 1.807) is 24.3 Å². The Hall–Kier alpha value is -2.67. The van der Waals surface area contributed by atoms with Crippen molar-refractivity contribution in [1.29, 1.82) is 0 Å². The predicted molar refractivity (Wildman–Crippen MR) is 124 cm³/mol. The maximum atomic E-state index is 13.5. The number of hydrogen-bond donors (Lipinski definition) is 1. The average Bonchev–Trinajstić information content (AvgIpc) is 2.78.